The molecule has 1 heterocycles. The zero-order chi connectivity index (χ0) is 20.4. The highest BCUT2D eigenvalue weighted by molar-refractivity contribution is 5.94. The summed E-state index contributed by atoms with van der Waals surface area (Å²) >= 11 is 0. The van der Waals surface area contributed by atoms with Crippen LogP contribution in [0.25, 0.3) is 0 Å². The first-order chi connectivity index (χ1) is 14.0. The van der Waals surface area contributed by atoms with Gasteiger partial charge >= 0.3 is 0 Å². The van der Waals surface area contributed by atoms with Crippen molar-refractivity contribution in [1.29, 1.82) is 0 Å². The molecule has 0 radical (unpaired) electrons. The highest BCUT2D eigenvalue weighted by Gasteiger charge is 2.46. The van der Waals surface area contributed by atoms with Crippen LogP contribution in [-0.2, 0) is 4.79 Å². The van der Waals surface area contributed by atoms with E-state index in [4.69, 9.17) is 4.74 Å². The van der Waals surface area contributed by atoms with E-state index >= 15 is 0 Å². The number of piperazine rings is 1. The molecule has 0 bridgehead atoms. The maximum absolute atomic E-state index is 12.8. The number of hydrogen-bond acceptors (Lipinski definition) is 3. The van der Waals surface area contributed by atoms with E-state index in [0.29, 0.717) is 37.7 Å². The molecule has 2 atom stereocenters. The lowest BCUT2D eigenvalue weighted by Crippen LogP contribution is -2.51. The zero-order valence-corrected chi connectivity index (χ0v) is 17.1. The topological polar surface area (TPSA) is 49.9 Å². The number of benzene rings is 2. The van der Waals surface area contributed by atoms with Gasteiger partial charge in [-0.1, -0.05) is 30.3 Å². The third-order valence-electron chi connectivity index (χ3n) is 5.69. The molecule has 2 aromatic carbocycles. The van der Waals surface area contributed by atoms with E-state index in [0.717, 1.165) is 12.2 Å². The van der Waals surface area contributed by atoms with Crippen LogP contribution in [0, 0.1) is 5.92 Å². The Kier molecular flexibility index (Phi) is 5.56. The summed E-state index contributed by atoms with van der Waals surface area (Å²) in [5, 5.41) is 0. The van der Waals surface area contributed by atoms with Crippen LogP contribution in [0.3, 0.4) is 0 Å². The summed E-state index contributed by atoms with van der Waals surface area (Å²) < 4.78 is 5.63. The van der Waals surface area contributed by atoms with Crippen LogP contribution in [0.15, 0.2) is 54.6 Å². The fourth-order valence-corrected chi connectivity index (χ4v) is 4.03. The Labute approximate surface area is 172 Å². The van der Waals surface area contributed by atoms with Gasteiger partial charge in [-0.2, -0.15) is 0 Å². The number of amides is 2. The van der Waals surface area contributed by atoms with Crippen molar-refractivity contribution < 1.29 is 14.3 Å². The SMILES string of the molecule is CC(C)Oc1ccc(C(=O)N2CCN(C(=O)C3CC3c3ccccc3)CC2)cc1. The fourth-order valence-electron chi connectivity index (χ4n) is 4.03. The molecule has 4 rings (SSSR count). The highest BCUT2D eigenvalue weighted by atomic mass is 16.5. The monoisotopic (exact) mass is 392 g/mol. The molecule has 0 spiro atoms. The molecular formula is C24H28N2O3. The molecule has 1 saturated carbocycles. The Hall–Kier alpha value is -2.82. The van der Waals surface area contributed by atoms with Crippen molar-refractivity contribution in [3.05, 3.63) is 65.7 Å². The predicted molar refractivity (Wildman–Crippen MR) is 112 cm³/mol. The average molecular weight is 392 g/mol. The van der Waals surface area contributed by atoms with Crippen molar-refractivity contribution in [2.45, 2.75) is 32.3 Å². The zero-order valence-electron chi connectivity index (χ0n) is 17.1. The molecule has 0 N–H and O–H groups in total. The van der Waals surface area contributed by atoms with Gasteiger partial charge < -0.3 is 14.5 Å². The van der Waals surface area contributed by atoms with Crippen molar-refractivity contribution in [2.24, 2.45) is 5.92 Å². The lowest BCUT2D eigenvalue weighted by molar-refractivity contribution is -0.134. The van der Waals surface area contributed by atoms with Crippen LogP contribution in [0.4, 0.5) is 0 Å². The van der Waals surface area contributed by atoms with Gasteiger partial charge in [-0.25, -0.2) is 0 Å². The van der Waals surface area contributed by atoms with Gasteiger partial charge in [0.1, 0.15) is 5.75 Å². The smallest absolute Gasteiger partial charge is 0.253 e. The second-order valence-electron chi connectivity index (χ2n) is 8.17. The molecule has 5 nitrogen and oxygen atoms in total. The Morgan fingerprint density at radius 1 is 0.897 bits per heavy atom. The van der Waals surface area contributed by atoms with E-state index in [1.54, 1.807) is 0 Å². The maximum atomic E-state index is 12.8. The molecule has 2 unspecified atom stereocenters. The maximum Gasteiger partial charge on any atom is 0.253 e. The molecule has 29 heavy (non-hydrogen) atoms. The molecule has 2 aromatic rings. The van der Waals surface area contributed by atoms with Crippen molar-refractivity contribution in [1.82, 2.24) is 9.80 Å². The molecule has 152 valence electrons. The first-order valence-corrected chi connectivity index (χ1v) is 10.4. The molecule has 5 heteroatoms. The van der Waals surface area contributed by atoms with Crippen LogP contribution >= 0.6 is 0 Å². The first kappa shape index (κ1) is 19.5. The van der Waals surface area contributed by atoms with E-state index in [1.165, 1.54) is 5.56 Å². The third-order valence-corrected chi connectivity index (χ3v) is 5.69. The van der Waals surface area contributed by atoms with Gasteiger partial charge in [0.2, 0.25) is 5.91 Å². The van der Waals surface area contributed by atoms with Crippen LogP contribution in [0.2, 0.25) is 0 Å². The molecule has 1 aliphatic carbocycles. The van der Waals surface area contributed by atoms with Crippen molar-refractivity contribution in [2.75, 3.05) is 26.2 Å². The summed E-state index contributed by atoms with van der Waals surface area (Å²) in [6.07, 6.45) is 1.04. The minimum absolute atomic E-state index is 0.0155. The number of rotatable bonds is 5. The average Bonchev–Trinajstić information content (AvgIpc) is 3.55. The molecule has 2 aliphatic rings. The van der Waals surface area contributed by atoms with E-state index in [-0.39, 0.29) is 23.8 Å². The van der Waals surface area contributed by atoms with Gasteiger partial charge in [0.25, 0.3) is 5.91 Å². The third kappa shape index (κ3) is 4.44. The van der Waals surface area contributed by atoms with Gasteiger partial charge in [0.05, 0.1) is 6.10 Å². The summed E-state index contributed by atoms with van der Waals surface area (Å²) in [5.41, 5.74) is 1.91. The molecular weight excluding hydrogens is 364 g/mol. The fraction of sp³-hybridized carbons (Fsp3) is 0.417. The normalized spacial score (nSPS) is 21.2. The largest absolute Gasteiger partial charge is 0.491 e. The number of carbonyl (C=O) groups excluding carboxylic acids is 2. The second-order valence-corrected chi connectivity index (χ2v) is 8.17. The number of hydrogen-bond donors (Lipinski definition) is 0. The van der Waals surface area contributed by atoms with Crippen molar-refractivity contribution in [3.8, 4) is 5.75 Å². The van der Waals surface area contributed by atoms with Crippen LogP contribution in [0.1, 0.15) is 42.1 Å². The molecule has 2 fully saturated rings. The second kappa shape index (κ2) is 8.27. The van der Waals surface area contributed by atoms with Gasteiger partial charge in [-0.05, 0) is 56.0 Å². The minimum Gasteiger partial charge on any atom is -0.491 e. The highest BCUT2D eigenvalue weighted by Crippen LogP contribution is 2.48. The minimum atomic E-state index is 0.0155. The predicted octanol–water partition coefficient (Wildman–Crippen LogP) is 3.56. The number of ether oxygens (including phenoxy) is 1. The van der Waals surface area contributed by atoms with Crippen LogP contribution < -0.4 is 4.74 Å². The summed E-state index contributed by atoms with van der Waals surface area (Å²) in [4.78, 5) is 29.4. The van der Waals surface area contributed by atoms with Crippen molar-refractivity contribution in [3.63, 3.8) is 0 Å². The van der Waals surface area contributed by atoms with Gasteiger partial charge in [0, 0.05) is 37.7 Å². The van der Waals surface area contributed by atoms with Crippen LogP contribution in [0.5, 0.6) is 5.75 Å². The van der Waals surface area contributed by atoms with Gasteiger partial charge in [0.15, 0.2) is 0 Å². The molecule has 1 aliphatic heterocycles. The van der Waals surface area contributed by atoms with Gasteiger partial charge in [-0.3, -0.25) is 9.59 Å². The quantitative estimate of drug-likeness (QED) is 0.782. The lowest BCUT2D eigenvalue weighted by Gasteiger charge is -2.35. The summed E-state index contributed by atoms with van der Waals surface area (Å²) in [6.45, 7) is 6.33. The van der Waals surface area contributed by atoms with Gasteiger partial charge in [-0.15, -0.1) is 0 Å². The van der Waals surface area contributed by atoms with Crippen LogP contribution in [-0.4, -0.2) is 53.9 Å². The van der Waals surface area contributed by atoms with E-state index in [2.05, 4.69) is 12.1 Å². The lowest BCUT2D eigenvalue weighted by atomic mass is 10.1. The molecule has 0 aromatic heterocycles. The van der Waals surface area contributed by atoms with E-state index in [1.807, 2.05) is 66.1 Å². The Morgan fingerprint density at radius 2 is 1.52 bits per heavy atom. The standard InChI is InChI=1S/C24H28N2O3/c1-17(2)29-20-10-8-19(9-11-20)23(27)25-12-14-26(15-13-25)24(28)22-16-21(22)18-6-4-3-5-7-18/h3-11,17,21-22H,12-16H2,1-2H3. The summed E-state index contributed by atoms with van der Waals surface area (Å²) in [5.74, 6) is 1.48. The van der Waals surface area contributed by atoms with E-state index in [9.17, 15) is 9.59 Å². The summed E-state index contributed by atoms with van der Waals surface area (Å²) in [7, 11) is 0. The van der Waals surface area contributed by atoms with Crippen molar-refractivity contribution >= 4 is 11.8 Å². The summed E-state index contributed by atoms with van der Waals surface area (Å²) in [6, 6.07) is 17.6. The Morgan fingerprint density at radius 3 is 2.14 bits per heavy atom. The number of nitrogens with zero attached hydrogens (tertiary/aromatic N) is 2. The molecule has 1 saturated heterocycles. The Balaban J connectivity index is 1.29. The Bertz CT molecular complexity index is 855. The first-order valence-electron chi connectivity index (χ1n) is 10.4. The van der Waals surface area contributed by atoms with E-state index < -0.39 is 0 Å². The molecule has 2 amide bonds. The number of carbonyl (C=O) groups is 2.